The molecule has 0 saturated carbocycles. The van der Waals surface area contributed by atoms with Crippen molar-refractivity contribution in [3.63, 3.8) is 0 Å². The van der Waals surface area contributed by atoms with E-state index in [1.165, 1.54) is 6.08 Å². The van der Waals surface area contributed by atoms with E-state index in [9.17, 15) is 13.2 Å². The third kappa shape index (κ3) is 2.27. The van der Waals surface area contributed by atoms with Crippen molar-refractivity contribution in [1.82, 2.24) is 0 Å². The Morgan fingerprint density at radius 3 is 2.67 bits per heavy atom. The number of hydrogen-bond acceptors (Lipinski definition) is 1. The molecule has 15 heavy (non-hydrogen) atoms. The number of benzene rings is 1. The molecular formula is C10H6F3IO. The highest BCUT2D eigenvalue weighted by molar-refractivity contribution is 14.1. The van der Waals surface area contributed by atoms with Crippen LogP contribution in [0.2, 0.25) is 0 Å². The first kappa shape index (κ1) is 10.8. The van der Waals surface area contributed by atoms with Gasteiger partial charge in [0, 0.05) is 9.13 Å². The lowest BCUT2D eigenvalue weighted by Gasteiger charge is -2.23. The summed E-state index contributed by atoms with van der Waals surface area (Å²) >= 11 is 2.10. The van der Waals surface area contributed by atoms with Crippen molar-refractivity contribution in [2.45, 2.75) is 12.3 Å². The summed E-state index contributed by atoms with van der Waals surface area (Å²) < 4.78 is 42.8. The molecule has 80 valence electrons. The number of fused-ring (bicyclic) bond motifs is 1. The summed E-state index contributed by atoms with van der Waals surface area (Å²) in [6.07, 6.45) is -3.71. The fraction of sp³-hybridized carbons (Fsp3) is 0.200. The lowest BCUT2D eigenvalue weighted by atomic mass is 10.1. The standard InChI is InChI=1S/C10H6F3IO/c11-10(12,13)9-4-1-6-5-7(14)2-3-8(6)15-9/h1-5,9H. The Kier molecular flexibility index (Phi) is 2.66. The molecule has 0 bridgehead atoms. The van der Waals surface area contributed by atoms with Crippen molar-refractivity contribution in [1.29, 1.82) is 0 Å². The Bertz CT molecular complexity index is 412. The van der Waals surface area contributed by atoms with Crippen LogP contribution in [-0.4, -0.2) is 12.3 Å². The van der Waals surface area contributed by atoms with Gasteiger partial charge in [0.2, 0.25) is 6.10 Å². The van der Waals surface area contributed by atoms with Crippen molar-refractivity contribution in [2.24, 2.45) is 0 Å². The second-order valence-electron chi connectivity index (χ2n) is 3.12. The van der Waals surface area contributed by atoms with E-state index in [1.54, 1.807) is 18.2 Å². The molecule has 2 rings (SSSR count). The number of ether oxygens (including phenoxy) is 1. The fourth-order valence-electron chi connectivity index (χ4n) is 1.30. The normalized spacial score (nSPS) is 19.6. The molecule has 1 unspecified atom stereocenters. The zero-order valence-corrected chi connectivity index (χ0v) is 9.54. The summed E-state index contributed by atoms with van der Waals surface area (Å²) in [6, 6.07) is 5.05. The maximum atomic E-state index is 12.3. The lowest BCUT2D eigenvalue weighted by molar-refractivity contribution is -0.180. The first-order valence-electron chi connectivity index (χ1n) is 4.18. The Balaban J connectivity index is 2.32. The van der Waals surface area contributed by atoms with E-state index in [-0.39, 0.29) is 5.75 Å². The second-order valence-corrected chi connectivity index (χ2v) is 4.37. The molecular weight excluding hydrogens is 320 g/mol. The summed E-state index contributed by atoms with van der Waals surface area (Å²) in [6.45, 7) is 0. The van der Waals surface area contributed by atoms with Crippen molar-refractivity contribution < 1.29 is 17.9 Å². The van der Waals surface area contributed by atoms with Crippen LogP contribution in [0.15, 0.2) is 24.3 Å². The van der Waals surface area contributed by atoms with Gasteiger partial charge in [-0.3, -0.25) is 0 Å². The smallest absolute Gasteiger partial charge is 0.429 e. The lowest BCUT2D eigenvalue weighted by Crippen LogP contribution is -2.33. The van der Waals surface area contributed by atoms with E-state index in [0.29, 0.717) is 5.56 Å². The minimum Gasteiger partial charge on any atom is -0.476 e. The molecule has 0 aromatic heterocycles. The van der Waals surface area contributed by atoms with Crippen molar-refractivity contribution >= 4 is 28.7 Å². The molecule has 1 aliphatic rings. The van der Waals surface area contributed by atoms with Crippen molar-refractivity contribution in [3.05, 3.63) is 33.4 Å². The van der Waals surface area contributed by atoms with Crippen LogP contribution in [0.3, 0.4) is 0 Å². The maximum absolute atomic E-state index is 12.3. The second kappa shape index (κ2) is 3.70. The largest absolute Gasteiger partial charge is 0.476 e. The van der Waals surface area contributed by atoms with Crippen LogP contribution in [-0.2, 0) is 0 Å². The highest BCUT2D eigenvalue weighted by Gasteiger charge is 2.41. The minimum absolute atomic E-state index is 0.278. The highest BCUT2D eigenvalue weighted by Crippen LogP contribution is 2.33. The molecule has 5 heteroatoms. The quantitative estimate of drug-likeness (QED) is 0.662. The van der Waals surface area contributed by atoms with Gasteiger partial charge in [0.25, 0.3) is 0 Å². The molecule has 0 N–H and O–H groups in total. The Morgan fingerprint density at radius 1 is 1.27 bits per heavy atom. The van der Waals surface area contributed by atoms with Gasteiger partial charge in [-0.05, 0) is 46.9 Å². The Hall–Kier alpha value is -0.720. The van der Waals surface area contributed by atoms with E-state index in [2.05, 4.69) is 22.6 Å². The van der Waals surface area contributed by atoms with E-state index >= 15 is 0 Å². The molecule has 0 aliphatic carbocycles. The van der Waals surface area contributed by atoms with Gasteiger partial charge < -0.3 is 4.74 Å². The van der Waals surface area contributed by atoms with Crippen LogP contribution in [0, 0.1) is 3.57 Å². The van der Waals surface area contributed by atoms with Gasteiger partial charge in [-0.2, -0.15) is 13.2 Å². The monoisotopic (exact) mass is 326 g/mol. The summed E-state index contributed by atoms with van der Waals surface area (Å²) in [5.74, 6) is 0.278. The molecule has 0 radical (unpaired) electrons. The van der Waals surface area contributed by atoms with E-state index in [4.69, 9.17) is 4.74 Å². The minimum atomic E-state index is -4.35. The van der Waals surface area contributed by atoms with Crippen LogP contribution >= 0.6 is 22.6 Å². The zero-order chi connectivity index (χ0) is 11.1. The fourth-order valence-corrected chi connectivity index (χ4v) is 1.82. The van der Waals surface area contributed by atoms with Crippen molar-refractivity contribution in [3.8, 4) is 5.75 Å². The first-order chi connectivity index (χ1) is 6.97. The van der Waals surface area contributed by atoms with Gasteiger partial charge in [-0.1, -0.05) is 6.08 Å². The van der Waals surface area contributed by atoms with Crippen molar-refractivity contribution in [2.75, 3.05) is 0 Å². The van der Waals surface area contributed by atoms with Gasteiger partial charge >= 0.3 is 6.18 Å². The topological polar surface area (TPSA) is 9.23 Å². The van der Waals surface area contributed by atoms with Gasteiger partial charge in [0.1, 0.15) is 5.75 Å². The summed E-state index contributed by atoms with van der Waals surface area (Å²) in [5, 5.41) is 0. The Labute approximate surface area is 98.1 Å². The SMILES string of the molecule is FC(F)(F)C1C=Cc2cc(I)ccc2O1. The molecule has 0 amide bonds. The molecule has 1 aromatic rings. The Morgan fingerprint density at radius 2 is 2.00 bits per heavy atom. The molecule has 1 nitrogen and oxygen atoms in total. The predicted molar refractivity (Wildman–Crippen MR) is 58.7 cm³/mol. The van der Waals surface area contributed by atoms with Crippen LogP contribution in [0.25, 0.3) is 6.08 Å². The maximum Gasteiger partial charge on any atom is 0.429 e. The third-order valence-electron chi connectivity index (χ3n) is 2.00. The molecule has 1 aromatic carbocycles. The van der Waals surface area contributed by atoms with Crippen LogP contribution in [0.4, 0.5) is 13.2 Å². The molecule has 0 fully saturated rings. The number of halogens is 4. The summed E-state index contributed by atoms with van der Waals surface area (Å²) in [5.41, 5.74) is 0.683. The molecule has 1 aliphatic heterocycles. The van der Waals surface area contributed by atoms with Gasteiger partial charge in [-0.15, -0.1) is 0 Å². The van der Waals surface area contributed by atoms with Crippen LogP contribution < -0.4 is 4.74 Å². The number of hydrogen-bond donors (Lipinski definition) is 0. The number of alkyl halides is 3. The van der Waals surface area contributed by atoms with E-state index < -0.39 is 12.3 Å². The average Bonchev–Trinajstić information content (AvgIpc) is 2.15. The average molecular weight is 326 g/mol. The molecule has 0 spiro atoms. The van der Waals surface area contributed by atoms with Gasteiger partial charge in [0.15, 0.2) is 0 Å². The van der Waals surface area contributed by atoms with E-state index in [0.717, 1.165) is 9.65 Å². The van der Waals surface area contributed by atoms with E-state index in [1.807, 2.05) is 0 Å². The zero-order valence-electron chi connectivity index (χ0n) is 7.38. The number of rotatable bonds is 0. The third-order valence-corrected chi connectivity index (χ3v) is 2.67. The molecule has 1 atom stereocenters. The summed E-state index contributed by atoms with van der Waals surface area (Å²) in [7, 11) is 0. The predicted octanol–water partition coefficient (Wildman–Crippen LogP) is 3.63. The van der Waals surface area contributed by atoms with Gasteiger partial charge in [0.05, 0.1) is 0 Å². The van der Waals surface area contributed by atoms with Gasteiger partial charge in [-0.25, -0.2) is 0 Å². The molecule has 0 saturated heterocycles. The summed E-state index contributed by atoms with van der Waals surface area (Å²) in [4.78, 5) is 0. The van der Waals surface area contributed by atoms with Crippen LogP contribution in [0.5, 0.6) is 5.75 Å². The van der Waals surface area contributed by atoms with Crippen LogP contribution in [0.1, 0.15) is 5.56 Å². The first-order valence-corrected chi connectivity index (χ1v) is 5.26. The highest BCUT2D eigenvalue weighted by atomic mass is 127. The molecule has 1 heterocycles.